The summed E-state index contributed by atoms with van der Waals surface area (Å²) in [6, 6.07) is 8.79. The van der Waals surface area contributed by atoms with E-state index in [-0.39, 0.29) is 0 Å². The van der Waals surface area contributed by atoms with Crippen LogP contribution < -0.4 is 0 Å². The molecular formula is C17H25N3S. The molecule has 0 aliphatic rings. The molecule has 0 saturated heterocycles. The van der Waals surface area contributed by atoms with E-state index in [9.17, 15) is 0 Å². The van der Waals surface area contributed by atoms with Gasteiger partial charge in [-0.3, -0.25) is 0 Å². The Morgan fingerprint density at radius 3 is 2.57 bits per heavy atom. The monoisotopic (exact) mass is 303 g/mol. The lowest BCUT2D eigenvalue weighted by atomic mass is 10.2. The summed E-state index contributed by atoms with van der Waals surface area (Å²) in [4.78, 5) is 8.25. The van der Waals surface area contributed by atoms with Crippen molar-refractivity contribution in [3.05, 3.63) is 48.0 Å². The van der Waals surface area contributed by atoms with Crippen molar-refractivity contribution in [2.45, 2.75) is 25.2 Å². The average molecular weight is 303 g/mol. The summed E-state index contributed by atoms with van der Waals surface area (Å²) in [6.45, 7) is 7.66. The molecule has 2 aromatic rings. The zero-order chi connectivity index (χ0) is 15.1. The summed E-state index contributed by atoms with van der Waals surface area (Å²) < 4.78 is 2.11. The highest BCUT2D eigenvalue weighted by molar-refractivity contribution is 7.99. The van der Waals surface area contributed by atoms with E-state index in [1.165, 1.54) is 16.3 Å². The fraction of sp³-hybridized carbons (Fsp3) is 0.471. The molecule has 0 amide bonds. The quantitative estimate of drug-likeness (QED) is 0.698. The molecule has 0 unspecified atom stereocenters. The molecule has 1 aromatic heterocycles. The van der Waals surface area contributed by atoms with Crippen molar-refractivity contribution in [1.82, 2.24) is 14.5 Å². The van der Waals surface area contributed by atoms with Gasteiger partial charge in [0.25, 0.3) is 0 Å². The molecular weight excluding hydrogens is 278 g/mol. The van der Waals surface area contributed by atoms with E-state index in [0.717, 1.165) is 31.8 Å². The summed E-state index contributed by atoms with van der Waals surface area (Å²) >= 11 is 1.94. The van der Waals surface area contributed by atoms with E-state index >= 15 is 0 Å². The third kappa shape index (κ3) is 5.21. The number of benzene rings is 1. The molecule has 21 heavy (non-hydrogen) atoms. The second kappa shape index (κ2) is 8.25. The van der Waals surface area contributed by atoms with Crippen LogP contribution in [0.4, 0.5) is 0 Å². The molecule has 0 saturated carbocycles. The Morgan fingerprint density at radius 2 is 1.95 bits per heavy atom. The third-order valence-electron chi connectivity index (χ3n) is 3.72. The minimum atomic E-state index is 1.02. The van der Waals surface area contributed by atoms with E-state index in [1.54, 1.807) is 0 Å². The van der Waals surface area contributed by atoms with Crippen LogP contribution >= 0.6 is 11.8 Å². The van der Waals surface area contributed by atoms with Crippen LogP contribution in [-0.2, 0) is 13.5 Å². The Balaban J connectivity index is 1.72. The number of thioether (sulfide) groups is 1. The van der Waals surface area contributed by atoms with Crippen molar-refractivity contribution in [2.75, 3.05) is 25.4 Å². The van der Waals surface area contributed by atoms with Crippen LogP contribution in [-0.4, -0.2) is 39.8 Å². The third-order valence-corrected chi connectivity index (χ3v) is 4.71. The first-order valence-corrected chi connectivity index (χ1v) is 8.55. The molecule has 2 rings (SSSR count). The number of aryl methyl sites for hydroxylation is 2. The zero-order valence-electron chi connectivity index (χ0n) is 13.2. The van der Waals surface area contributed by atoms with Gasteiger partial charge in [-0.15, -0.1) is 11.8 Å². The van der Waals surface area contributed by atoms with Gasteiger partial charge in [-0.05, 0) is 25.6 Å². The summed E-state index contributed by atoms with van der Waals surface area (Å²) in [5, 5.41) is 0. The van der Waals surface area contributed by atoms with Gasteiger partial charge in [-0.25, -0.2) is 4.98 Å². The van der Waals surface area contributed by atoms with Crippen molar-refractivity contribution in [3.63, 3.8) is 0 Å². The van der Waals surface area contributed by atoms with Gasteiger partial charge in [0.05, 0.1) is 0 Å². The first kappa shape index (κ1) is 16.1. The predicted octanol–water partition coefficient (Wildman–Crippen LogP) is 3.39. The summed E-state index contributed by atoms with van der Waals surface area (Å²) in [6.07, 6.45) is 4.91. The highest BCUT2D eigenvalue weighted by Gasteiger charge is 2.05. The Morgan fingerprint density at radius 1 is 1.19 bits per heavy atom. The van der Waals surface area contributed by atoms with E-state index < -0.39 is 0 Å². The van der Waals surface area contributed by atoms with Crippen molar-refractivity contribution in [1.29, 1.82) is 0 Å². The summed E-state index contributed by atoms with van der Waals surface area (Å²) in [7, 11) is 2.06. The van der Waals surface area contributed by atoms with Crippen LogP contribution in [0, 0.1) is 6.92 Å². The van der Waals surface area contributed by atoms with Gasteiger partial charge >= 0.3 is 0 Å². The summed E-state index contributed by atoms with van der Waals surface area (Å²) in [5.41, 5.74) is 1.32. The zero-order valence-corrected chi connectivity index (χ0v) is 14.1. The van der Waals surface area contributed by atoms with Gasteiger partial charge in [0, 0.05) is 49.6 Å². The molecule has 0 atom stereocenters. The first-order valence-electron chi connectivity index (χ1n) is 7.57. The van der Waals surface area contributed by atoms with Crippen LogP contribution in [0.25, 0.3) is 0 Å². The predicted molar refractivity (Wildman–Crippen MR) is 90.9 cm³/mol. The lowest BCUT2D eigenvalue weighted by Crippen LogP contribution is -2.28. The highest BCUT2D eigenvalue weighted by Crippen LogP contribution is 2.18. The van der Waals surface area contributed by atoms with Crippen LogP contribution in [0.2, 0.25) is 0 Å². The number of aromatic nitrogens is 2. The number of likely N-dealkylation sites (N-methyl/N-ethyl adjacent to an activating group) is 1. The maximum Gasteiger partial charge on any atom is 0.109 e. The highest BCUT2D eigenvalue weighted by atomic mass is 32.2. The molecule has 3 nitrogen and oxygen atoms in total. The van der Waals surface area contributed by atoms with Gasteiger partial charge in [-0.2, -0.15) is 0 Å². The molecule has 1 heterocycles. The van der Waals surface area contributed by atoms with Gasteiger partial charge in [0.15, 0.2) is 0 Å². The number of nitrogens with zero attached hydrogens (tertiary/aromatic N) is 3. The lowest BCUT2D eigenvalue weighted by Gasteiger charge is -2.19. The number of hydrogen-bond acceptors (Lipinski definition) is 3. The summed E-state index contributed by atoms with van der Waals surface area (Å²) in [5.74, 6) is 2.30. The van der Waals surface area contributed by atoms with Gasteiger partial charge < -0.3 is 9.47 Å². The van der Waals surface area contributed by atoms with Crippen LogP contribution in [0.3, 0.4) is 0 Å². The van der Waals surface area contributed by atoms with Crippen LogP contribution in [0.5, 0.6) is 0 Å². The largest absolute Gasteiger partial charge is 0.338 e. The lowest BCUT2D eigenvalue weighted by molar-refractivity contribution is 0.307. The van der Waals surface area contributed by atoms with Gasteiger partial charge in [0.1, 0.15) is 5.82 Å². The van der Waals surface area contributed by atoms with Gasteiger partial charge in [-0.1, -0.05) is 24.6 Å². The molecule has 0 aliphatic heterocycles. The second-order valence-corrected chi connectivity index (χ2v) is 6.47. The Bertz CT molecular complexity index is 533. The molecule has 114 valence electrons. The minimum absolute atomic E-state index is 1.02. The smallest absolute Gasteiger partial charge is 0.109 e. The average Bonchev–Trinajstić information content (AvgIpc) is 2.90. The molecule has 0 N–H and O–H groups in total. The second-order valence-electron chi connectivity index (χ2n) is 5.30. The van der Waals surface area contributed by atoms with Crippen LogP contribution in [0.15, 0.2) is 41.6 Å². The molecule has 0 aliphatic carbocycles. The van der Waals surface area contributed by atoms with E-state index in [4.69, 9.17) is 0 Å². The maximum atomic E-state index is 4.39. The maximum absolute atomic E-state index is 4.39. The fourth-order valence-electron chi connectivity index (χ4n) is 2.25. The van der Waals surface area contributed by atoms with Crippen molar-refractivity contribution < 1.29 is 0 Å². The fourth-order valence-corrected chi connectivity index (χ4v) is 3.16. The Labute approximate surface area is 132 Å². The molecule has 0 bridgehead atoms. The first-order chi connectivity index (χ1) is 10.2. The molecule has 0 radical (unpaired) electrons. The number of hydrogen-bond donors (Lipinski definition) is 0. The van der Waals surface area contributed by atoms with Crippen molar-refractivity contribution in [2.24, 2.45) is 7.05 Å². The van der Waals surface area contributed by atoms with E-state index in [2.05, 4.69) is 59.6 Å². The number of rotatable bonds is 8. The molecule has 4 heteroatoms. The minimum Gasteiger partial charge on any atom is -0.338 e. The van der Waals surface area contributed by atoms with Crippen molar-refractivity contribution >= 4 is 11.8 Å². The van der Waals surface area contributed by atoms with Gasteiger partial charge in [0.2, 0.25) is 0 Å². The molecule has 0 spiro atoms. The normalized spacial score (nSPS) is 11.2. The Kier molecular flexibility index (Phi) is 6.33. The molecule has 0 fully saturated rings. The van der Waals surface area contributed by atoms with Crippen LogP contribution in [0.1, 0.15) is 18.3 Å². The topological polar surface area (TPSA) is 21.1 Å². The number of imidazole rings is 1. The Hall–Kier alpha value is -1.26. The van der Waals surface area contributed by atoms with E-state index in [1.807, 2.05) is 24.2 Å². The van der Waals surface area contributed by atoms with Crippen molar-refractivity contribution in [3.8, 4) is 0 Å². The SMILES string of the molecule is CCN(CCSc1ccc(C)cc1)CCc1nccn1C. The standard InChI is InChI=1S/C17H25N3S/c1-4-20(11-9-17-18-10-12-19(17)3)13-14-21-16-7-5-15(2)6-8-16/h5-8,10,12H,4,9,11,13-14H2,1-3H3. The van der Waals surface area contributed by atoms with E-state index in [0.29, 0.717) is 0 Å². The molecule has 1 aromatic carbocycles.